The molecule has 0 amide bonds. The molecule has 0 unspecified atom stereocenters. The van der Waals surface area contributed by atoms with Crippen LogP contribution in [0.5, 0.6) is 5.75 Å². The van der Waals surface area contributed by atoms with Gasteiger partial charge in [-0.2, -0.15) is 0 Å². The van der Waals surface area contributed by atoms with E-state index in [-0.39, 0.29) is 18.8 Å². The van der Waals surface area contributed by atoms with Crippen molar-refractivity contribution in [2.45, 2.75) is 6.61 Å². The molecule has 0 fully saturated rings. The maximum atomic E-state index is 12.3. The van der Waals surface area contributed by atoms with Gasteiger partial charge in [-0.05, 0) is 29.6 Å². The number of benzene rings is 1. The number of ether oxygens (including phenoxy) is 2. The van der Waals surface area contributed by atoms with Gasteiger partial charge in [0.05, 0.1) is 5.52 Å². The van der Waals surface area contributed by atoms with Crippen molar-refractivity contribution in [3.63, 3.8) is 0 Å². The molecule has 3 heterocycles. The highest BCUT2D eigenvalue weighted by Gasteiger charge is 2.16. The molecule has 138 valence electrons. The Hall–Kier alpha value is -2.91. The summed E-state index contributed by atoms with van der Waals surface area (Å²) in [5.41, 5.74) is 0.544. The van der Waals surface area contributed by atoms with Gasteiger partial charge in [-0.15, -0.1) is 21.5 Å². The minimum atomic E-state index is -0.557. The Balaban J connectivity index is 1.51. The third-order valence-electron chi connectivity index (χ3n) is 3.91. The van der Waals surface area contributed by atoms with Crippen LogP contribution < -0.4 is 10.3 Å². The number of carbonyl (C=O) groups excluding carboxylic acids is 1. The zero-order valence-corrected chi connectivity index (χ0v) is 15.7. The van der Waals surface area contributed by atoms with E-state index in [0.29, 0.717) is 32.6 Å². The molecule has 0 radical (unpaired) electrons. The quantitative estimate of drug-likeness (QED) is 0.475. The van der Waals surface area contributed by atoms with E-state index in [4.69, 9.17) is 21.1 Å². The van der Waals surface area contributed by atoms with Gasteiger partial charge in [0.1, 0.15) is 10.4 Å². The lowest BCUT2D eigenvalue weighted by molar-refractivity contribution is -0.147. The zero-order valence-electron chi connectivity index (χ0n) is 14.1. The number of esters is 1. The van der Waals surface area contributed by atoms with E-state index in [1.165, 1.54) is 15.9 Å². The summed E-state index contributed by atoms with van der Waals surface area (Å²) >= 11 is 7.21. The fourth-order valence-electron chi connectivity index (χ4n) is 2.63. The Kier molecular flexibility index (Phi) is 4.54. The first-order valence-corrected chi connectivity index (χ1v) is 9.14. The van der Waals surface area contributed by atoms with Gasteiger partial charge in [-0.25, -0.2) is 4.79 Å². The summed E-state index contributed by atoms with van der Waals surface area (Å²) in [6.45, 7) is -0.356. The standard InChI is InChI=1S/C17H13ClN4O4S/c1-21-16(24)15-12(5-6-27-15)22-13(19-20-17(21)22)8-26-14(23)9-25-11-4-2-3-10(18)7-11/h2-7H,8-9H2,1H3. The van der Waals surface area contributed by atoms with Crippen LogP contribution in [-0.2, 0) is 23.2 Å². The number of aryl methyl sites for hydroxylation is 1. The lowest BCUT2D eigenvalue weighted by Crippen LogP contribution is -2.20. The molecule has 0 aliphatic carbocycles. The summed E-state index contributed by atoms with van der Waals surface area (Å²) in [7, 11) is 1.63. The number of thiophene rings is 1. The summed E-state index contributed by atoms with van der Waals surface area (Å²) in [6.07, 6.45) is 0. The van der Waals surface area contributed by atoms with Gasteiger partial charge < -0.3 is 9.47 Å². The highest BCUT2D eigenvalue weighted by Crippen LogP contribution is 2.20. The van der Waals surface area contributed by atoms with E-state index in [1.807, 2.05) is 11.4 Å². The van der Waals surface area contributed by atoms with Crippen LogP contribution >= 0.6 is 22.9 Å². The number of hydrogen-bond acceptors (Lipinski definition) is 7. The molecule has 0 aliphatic heterocycles. The van der Waals surface area contributed by atoms with Crippen LogP contribution in [0.3, 0.4) is 0 Å². The number of fused-ring (bicyclic) bond motifs is 3. The summed E-state index contributed by atoms with van der Waals surface area (Å²) in [5.74, 6) is 0.715. The first kappa shape index (κ1) is 17.5. The Bertz CT molecular complexity index is 1210. The lowest BCUT2D eigenvalue weighted by atomic mass is 10.3. The van der Waals surface area contributed by atoms with E-state index in [9.17, 15) is 9.59 Å². The molecule has 0 atom stereocenters. The van der Waals surface area contributed by atoms with Crippen molar-refractivity contribution < 1.29 is 14.3 Å². The largest absolute Gasteiger partial charge is 0.482 e. The molecular formula is C17H13ClN4O4S. The highest BCUT2D eigenvalue weighted by atomic mass is 35.5. The molecule has 0 bridgehead atoms. The van der Waals surface area contributed by atoms with E-state index in [1.54, 1.807) is 35.7 Å². The van der Waals surface area contributed by atoms with Crippen molar-refractivity contribution in [1.82, 2.24) is 19.2 Å². The molecule has 10 heteroatoms. The predicted octanol–water partition coefficient (Wildman–Crippen LogP) is 2.42. The Morgan fingerprint density at radius 3 is 2.96 bits per heavy atom. The number of nitrogens with zero attached hydrogens (tertiary/aromatic N) is 4. The monoisotopic (exact) mass is 404 g/mol. The van der Waals surface area contributed by atoms with Gasteiger partial charge >= 0.3 is 5.97 Å². The number of aromatic nitrogens is 4. The van der Waals surface area contributed by atoms with Crippen molar-refractivity contribution in [2.75, 3.05) is 6.61 Å². The number of hydrogen-bond donors (Lipinski definition) is 0. The van der Waals surface area contributed by atoms with Gasteiger partial charge in [-0.3, -0.25) is 13.8 Å². The molecule has 0 N–H and O–H groups in total. The molecular weight excluding hydrogens is 392 g/mol. The van der Waals surface area contributed by atoms with Crippen LogP contribution in [0.4, 0.5) is 0 Å². The second kappa shape index (κ2) is 7.01. The summed E-state index contributed by atoms with van der Waals surface area (Å²) in [4.78, 5) is 24.3. The maximum absolute atomic E-state index is 12.3. The first-order chi connectivity index (χ1) is 13.0. The van der Waals surface area contributed by atoms with Gasteiger partial charge in [0.25, 0.3) is 5.56 Å². The zero-order chi connectivity index (χ0) is 19.0. The van der Waals surface area contributed by atoms with Crippen molar-refractivity contribution in [1.29, 1.82) is 0 Å². The molecule has 27 heavy (non-hydrogen) atoms. The summed E-state index contributed by atoms with van der Waals surface area (Å²) < 4.78 is 14.3. The normalized spacial score (nSPS) is 11.2. The molecule has 1 aromatic carbocycles. The van der Waals surface area contributed by atoms with Gasteiger partial charge in [0.2, 0.25) is 5.78 Å². The van der Waals surface area contributed by atoms with Crippen LogP contribution in [0, 0.1) is 0 Å². The van der Waals surface area contributed by atoms with Crippen LogP contribution in [0.25, 0.3) is 16.0 Å². The smallest absolute Gasteiger partial charge is 0.344 e. The Morgan fingerprint density at radius 1 is 1.30 bits per heavy atom. The molecule has 0 saturated carbocycles. The molecule has 0 aliphatic rings. The summed E-state index contributed by atoms with van der Waals surface area (Å²) in [6, 6.07) is 8.54. The second-order valence-corrected chi connectivity index (χ2v) is 7.01. The Labute approximate surface area is 161 Å². The SMILES string of the molecule is Cn1c(=O)c2sccc2n2c(COC(=O)COc3cccc(Cl)c3)nnc12. The number of rotatable bonds is 5. The summed E-state index contributed by atoms with van der Waals surface area (Å²) in [5, 5.41) is 10.4. The Morgan fingerprint density at radius 2 is 2.15 bits per heavy atom. The molecule has 4 rings (SSSR count). The average molecular weight is 405 g/mol. The van der Waals surface area contributed by atoms with Crippen LogP contribution in [0.15, 0.2) is 40.5 Å². The van der Waals surface area contributed by atoms with Crippen molar-refractivity contribution in [3.05, 3.63) is 56.9 Å². The fourth-order valence-corrected chi connectivity index (χ4v) is 3.66. The van der Waals surface area contributed by atoms with Gasteiger partial charge in [0.15, 0.2) is 19.0 Å². The van der Waals surface area contributed by atoms with Crippen molar-refractivity contribution in [3.8, 4) is 5.75 Å². The second-order valence-electron chi connectivity index (χ2n) is 5.66. The average Bonchev–Trinajstić information content (AvgIpc) is 3.29. The van der Waals surface area contributed by atoms with E-state index < -0.39 is 5.97 Å². The number of carbonyl (C=O) groups is 1. The fraction of sp³-hybridized carbons (Fsp3) is 0.176. The van der Waals surface area contributed by atoms with Gasteiger partial charge in [0, 0.05) is 12.1 Å². The van der Waals surface area contributed by atoms with Crippen molar-refractivity contribution in [2.24, 2.45) is 7.05 Å². The lowest BCUT2D eigenvalue weighted by Gasteiger charge is -2.07. The maximum Gasteiger partial charge on any atom is 0.344 e. The van der Waals surface area contributed by atoms with Crippen LogP contribution in [0.2, 0.25) is 5.02 Å². The molecule has 8 nitrogen and oxygen atoms in total. The van der Waals surface area contributed by atoms with Crippen LogP contribution in [-0.4, -0.2) is 31.7 Å². The predicted molar refractivity (Wildman–Crippen MR) is 100 cm³/mol. The van der Waals surface area contributed by atoms with E-state index in [0.717, 1.165) is 0 Å². The molecule has 4 aromatic rings. The van der Waals surface area contributed by atoms with Gasteiger partial charge in [-0.1, -0.05) is 17.7 Å². The minimum absolute atomic E-state index is 0.0952. The first-order valence-electron chi connectivity index (χ1n) is 7.89. The van der Waals surface area contributed by atoms with Crippen LogP contribution in [0.1, 0.15) is 5.82 Å². The highest BCUT2D eigenvalue weighted by molar-refractivity contribution is 7.17. The topological polar surface area (TPSA) is 87.7 Å². The third kappa shape index (κ3) is 3.26. The van der Waals surface area contributed by atoms with Crippen molar-refractivity contribution >= 4 is 44.9 Å². The number of halogens is 1. The molecule has 0 spiro atoms. The molecule has 3 aromatic heterocycles. The van der Waals surface area contributed by atoms with E-state index >= 15 is 0 Å². The van der Waals surface area contributed by atoms with E-state index in [2.05, 4.69) is 10.2 Å². The molecule has 0 saturated heterocycles. The minimum Gasteiger partial charge on any atom is -0.482 e. The third-order valence-corrected chi connectivity index (χ3v) is 5.04.